The summed E-state index contributed by atoms with van der Waals surface area (Å²) in [6.45, 7) is 7.84. The molecular formula is C36H34ClF2N5O2S. The van der Waals surface area contributed by atoms with Gasteiger partial charge in [0, 0.05) is 36.3 Å². The Morgan fingerprint density at radius 2 is 1.79 bits per heavy atom. The van der Waals surface area contributed by atoms with Crippen LogP contribution in [0.5, 0.6) is 5.75 Å². The minimum Gasteiger partial charge on any atom is -0.491 e. The van der Waals surface area contributed by atoms with Crippen molar-refractivity contribution >= 4 is 40.4 Å². The van der Waals surface area contributed by atoms with Crippen LogP contribution in [-0.2, 0) is 6.42 Å². The first kappa shape index (κ1) is 32.7. The lowest BCUT2D eigenvalue weighted by atomic mass is 9.99. The van der Waals surface area contributed by atoms with Gasteiger partial charge in [-0.2, -0.15) is 0 Å². The fourth-order valence-corrected chi connectivity index (χ4v) is 6.78. The Kier molecular flexibility index (Phi) is 10.2. The van der Waals surface area contributed by atoms with Crippen molar-refractivity contribution in [1.29, 1.82) is 0 Å². The molecule has 1 N–H and O–H groups in total. The normalized spacial score (nSPS) is 13.3. The lowest BCUT2D eigenvalue weighted by molar-refractivity contribution is 0.0985. The number of rotatable bonds is 12. The third-order valence-corrected chi connectivity index (χ3v) is 9.56. The van der Waals surface area contributed by atoms with Crippen molar-refractivity contribution in [3.05, 3.63) is 106 Å². The molecular weight excluding hydrogens is 640 g/mol. The van der Waals surface area contributed by atoms with E-state index in [1.807, 2.05) is 36.4 Å². The van der Waals surface area contributed by atoms with Crippen LogP contribution in [0.1, 0.15) is 53.5 Å². The number of halogens is 3. The van der Waals surface area contributed by atoms with Gasteiger partial charge in [0.15, 0.2) is 5.78 Å². The quantitative estimate of drug-likeness (QED) is 0.132. The van der Waals surface area contributed by atoms with Crippen molar-refractivity contribution in [2.24, 2.45) is 0 Å². The highest BCUT2D eigenvalue weighted by Crippen LogP contribution is 2.39. The summed E-state index contributed by atoms with van der Waals surface area (Å²) in [5, 5.41) is 4.66. The molecule has 242 valence electrons. The molecule has 5 aromatic rings. The number of likely N-dealkylation sites (tertiary alicyclic amines) is 1. The highest BCUT2D eigenvalue weighted by molar-refractivity contribution is 7.15. The third-order valence-electron chi connectivity index (χ3n) is 7.88. The lowest BCUT2D eigenvalue weighted by Crippen LogP contribution is -2.25. The van der Waals surface area contributed by atoms with Crippen molar-refractivity contribution in [2.75, 3.05) is 31.6 Å². The van der Waals surface area contributed by atoms with Crippen molar-refractivity contribution in [3.63, 3.8) is 0 Å². The van der Waals surface area contributed by atoms with Gasteiger partial charge in [0.1, 0.15) is 24.0 Å². The molecule has 3 heterocycles. The highest BCUT2D eigenvalue weighted by Gasteiger charge is 2.21. The fourth-order valence-electron chi connectivity index (χ4n) is 5.48. The van der Waals surface area contributed by atoms with Crippen molar-refractivity contribution < 1.29 is 18.3 Å². The Balaban J connectivity index is 1.22. The highest BCUT2D eigenvalue weighted by atomic mass is 35.5. The number of aromatic nitrogens is 3. The first-order chi connectivity index (χ1) is 22.7. The lowest BCUT2D eigenvalue weighted by Gasteiger charge is -2.16. The number of anilines is 2. The van der Waals surface area contributed by atoms with Gasteiger partial charge in [-0.3, -0.25) is 9.69 Å². The zero-order valence-electron chi connectivity index (χ0n) is 26.1. The van der Waals surface area contributed by atoms with Gasteiger partial charge < -0.3 is 10.1 Å². The summed E-state index contributed by atoms with van der Waals surface area (Å²) in [6.07, 6.45) is 4.00. The summed E-state index contributed by atoms with van der Waals surface area (Å²) in [5.41, 5.74) is 2.94. The number of nitrogens with zero attached hydrogens (tertiary/aromatic N) is 4. The number of nitrogens with one attached hydrogen (secondary N) is 1. The number of benzene rings is 3. The third kappa shape index (κ3) is 7.84. The molecule has 7 nitrogen and oxygen atoms in total. The van der Waals surface area contributed by atoms with Crippen LogP contribution in [0, 0.1) is 11.6 Å². The molecule has 0 radical (unpaired) electrons. The molecule has 0 bridgehead atoms. The Bertz CT molecular complexity index is 1870. The van der Waals surface area contributed by atoms with Crippen LogP contribution < -0.4 is 10.1 Å². The van der Waals surface area contributed by atoms with Crippen LogP contribution in [0.15, 0.2) is 72.9 Å². The topological polar surface area (TPSA) is 80.2 Å². The van der Waals surface area contributed by atoms with Crippen LogP contribution in [0.2, 0.25) is 5.02 Å². The van der Waals surface area contributed by atoms with E-state index in [2.05, 4.69) is 29.0 Å². The second-order valence-corrected chi connectivity index (χ2v) is 13.2. The van der Waals surface area contributed by atoms with Gasteiger partial charge in [-0.05, 0) is 74.0 Å². The maximum Gasteiger partial charge on any atom is 0.227 e. The number of ketones is 1. The standard InChI is InChI=1S/C36H34ClF2N5O2S/c1-22(2)35-43-33(24-8-5-7-23(19-24)20-30(45)32-27(38)9-6-10-28(32)39)34(47-35)29-13-14-40-36(42-29)41-25-11-12-31(26(37)21-25)46-18-17-44-15-3-4-16-44/h5-14,19,21-22H,3-4,15-18,20H2,1-2H3,(H,40,41,42). The monoisotopic (exact) mass is 673 g/mol. The van der Waals surface area contributed by atoms with Crippen molar-refractivity contribution in [1.82, 2.24) is 19.9 Å². The zero-order chi connectivity index (χ0) is 32.9. The maximum atomic E-state index is 14.3. The van der Waals surface area contributed by atoms with Crippen LogP contribution in [-0.4, -0.2) is 51.9 Å². The van der Waals surface area contributed by atoms with Gasteiger partial charge in [-0.25, -0.2) is 23.7 Å². The molecule has 47 heavy (non-hydrogen) atoms. The number of carbonyl (C=O) groups is 1. The van der Waals surface area contributed by atoms with Gasteiger partial charge in [0.2, 0.25) is 5.95 Å². The summed E-state index contributed by atoms with van der Waals surface area (Å²) in [5.74, 6) is -1.20. The molecule has 6 rings (SSSR count). The fraction of sp³-hybridized carbons (Fsp3) is 0.278. The van der Waals surface area contributed by atoms with Gasteiger partial charge in [-0.1, -0.05) is 49.7 Å². The van der Waals surface area contributed by atoms with Crippen molar-refractivity contribution in [2.45, 2.75) is 39.0 Å². The maximum absolute atomic E-state index is 14.3. The predicted molar refractivity (Wildman–Crippen MR) is 183 cm³/mol. The van der Waals surface area contributed by atoms with Crippen LogP contribution in [0.25, 0.3) is 21.8 Å². The van der Waals surface area contributed by atoms with Crippen LogP contribution >= 0.6 is 22.9 Å². The molecule has 0 atom stereocenters. The Hall–Kier alpha value is -4.25. The summed E-state index contributed by atoms with van der Waals surface area (Å²) in [6, 6.07) is 18.0. The average Bonchev–Trinajstić information content (AvgIpc) is 3.73. The number of thiazole rings is 1. The van der Waals surface area contributed by atoms with E-state index in [1.165, 1.54) is 30.2 Å². The first-order valence-electron chi connectivity index (χ1n) is 15.6. The largest absolute Gasteiger partial charge is 0.491 e. The van der Waals surface area contributed by atoms with E-state index in [4.69, 9.17) is 26.3 Å². The number of carbonyl (C=O) groups excluding carboxylic acids is 1. The molecule has 0 amide bonds. The van der Waals surface area contributed by atoms with Gasteiger partial charge in [0.05, 0.1) is 31.9 Å². The van der Waals surface area contributed by atoms with E-state index in [0.717, 1.165) is 52.9 Å². The second-order valence-electron chi connectivity index (χ2n) is 11.7. The predicted octanol–water partition coefficient (Wildman–Crippen LogP) is 8.97. The summed E-state index contributed by atoms with van der Waals surface area (Å²) in [7, 11) is 0. The number of hydrogen-bond donors (Lipinski definition) is 1. The number of ether oxygens (including phenoxy) is 1. The molecule has 1 fully saturated rings. The SMILES string of the molecule is CC(C)c1nc(-c2cccc(CC(=O)c3c(F)cccc3F)c2)c(-c2ccnc(Nc3ccc(OCCN4CCCC4)c(Cl)c3)n2)s1. The zero-order valence-corrected chi connectivity index (χ0v) is 27.7. The van der Waals surface area contributed by atoms with Gasteiger partial charge >= 0.3 is 0 Å². The molecule has 1 saturated heterocycles. The Morgan fingerprint density at radius 3 is 2.53 bits per heavy atom. The first-order valence-corrected chi connectivity index (χ1v) is 16.8. The number of hydrogen-bond acceptors (Lipinski definition) is 8. The molecule has 0 spiro atoms. The molecule has 3 aromatic carbocycles. The van der Waals surface area contributed by atoms with E-state index >= 15 is 0 Å². The molecule has 11 heteroatoms. The molecule has 0 aliphatic carbocycles. The van der Waals surface area contributed by atoms with Crippen molar-refractivity contribution in [3.8, 4) is 27.6 Å². The number of Topliss-reactive ketones (excluding diaryl/α,β-unsaturated/α-hetero) is 1. The summed E-state index contributed by atoms with van der Waals surface area (Å²) < 4.78 is 34.5. The molecule has 2 aromatic heterocycles. The second kappa shape index (κ2) is 14.7. The summed E-state index contributed by atoms with van der Waals surface area (Å²) in [4.78, 5) is 30.3. The molecule has 1 aliphatic heterocycles. The molecule has 0 saturated carbocycles. The van der Waals surface area contributed by atoms with E-state index < -0.39 is 23.0 Å². The van der Waals surface area contributed by atoms with Crippen LogP contribution in [0.4, 0.5) is 20.4 Å². The molecule has 1 aliphatic rings. The van der Waals surface area contributed by atoms with Crippen LogP contribution in [0.3, 0.4) is 0 Å². The minimum absolute atomic E-state index is 0.158. The average molecular weight is 674 g/mol. The van der Waals surface area contributed by atoms with E-state index in [1.54, 1.807) is 18.3 Å². The minimum atomic E-state index is -0.873. The van der Waals surface area contributed by atoms with E-state index in [9.17, 15) is 13.6 Å². The molecule has 0 unspecified atom stereocenters. The summed E-state index contributed by atoms with van der Waals surface area (Å²) >= 11 is 8.09. The van der Waals surface area contributed by atoms with Gasteiger partial charge in [0.25, 0.3) is 0 Å². The smallest absolute Gasteiger partial charge is 0.227 e. The van der Waals surface area contributed by atoms with E-state index in [0.29, 0.717) is 40.3 Å². The van der Waals surface area contributed by atoms with E-state index in [-0.39, 0.29) is 12.3 Å². The Labute approximate surface area is 281 Å². The Morgan fingerprint density at radius 1 is 1.02 bits per heavy atom. The van der Waals surface area contributed by atoms with Gasteiger partial charge in [-0.15, -0.1) is 11.3 Å².